The van der Waals surface area contributed by atoms with E-state index in [2.05, 4.69) is 0 Å². The van der Waals surface area contributed by atoms with Crippen molar-refractivity contribution in [2.75, 3.05) is 7.11 Å². The zero-order valence-corrected chi connectivity index (χ0v) is 11.1. The van der Waals surface area contributed by atoms with Crippen LogP contribution >= 0.6 is 0 Å². The number of rotatable bonds is 1. The van der Waals surface area contributed by atoms with Gasteiger partial charge in [0.15, 0.2) is 0 Å². The van der Waals surface area contributed by atoms with Gasteiger partial charge < -0.3 is 9.84 Å². The highest BCUT2D eigenvalue weighted by atomic mass is 16.5. The molecule has 0 saturated heterocycles. The molecule has 0 fully saturated rings. The van der Waals surface area contributed by atoms with Gasteiger partial charge in [0.05, 0.1) is 7.11 Å². The molecule has 0 amide bonds. The van der Waals surface area contributed by atoms with Crippen LogP contribution in [0.25, 0.3) is 12.2 Å². The predicted molar refractivity (Wildman–Crippen MR) is 77.0 cm³/mol. The fourth-order valence-corrected chi connectivity index (χ4v) is 2.66. The lowest BCUT2D eigenvalue weighted by Gasteiger charge is -2.26. The first-order chi connectivity index (χ1) is 9.13. The molecule has 1 aliphatic carbocycles. The van der Waals surface area contributed by atoms with Crippen molar-refractivity contribution < 1.29 is 9.84 Å². The average molecular weight is 252 g/mol. The summed E-state index contributed by atoms with van der Waals surface area (Å²) in [5.41, 5.74) is 2.86. The van der Waals surface area contributed by atoms with Gasteiger partial charge in [-0.05, 0) is 41.3 Å². The van der Waals surface area contributed by atoms with E-state index in [4.69, 9.17) is 4.74 Å². The molecule has 96 valence electrons. The number of aliphatic hydroxyl groups is 1. The van der Waals surface area contributed by atoms with Crippen molar-refractivity contribution >= 4 is 12.2 Å². The standard InChI is InChI=1S/C17H16O2/c1-17(18)15-6-4-3-5-12(15)7-8-13-11-14(19-2)9-10-16(13)17/h3-11,18H,1-2H3/t17-/m1/s1. The Morgan fingerprint density at radius 1 is 0.947 bits per heavy atom. The first-order valence-electron chi connectivity index (χ1n) is 6.31. The van der Waals surface area contributed by atoms with E-state index in [0.29, 0.717) is 0 Å². The highest BCUT2D eigenvalue weighted by molar-refractivity contribution is 5.77. The van der Waals surface area contributed by atoms with Gasteiger partial charge in [-0.1, -0.05) is 42.5 Å². The highest BCUT2D eigenvalue weighted by Gasteiger charge is 2.31. The Labute approximate surface area is 113 Å². The van der Waals surface area contributed by atoms with Crippen LogP contribution in [-0.4, -0.2) is 12.2 Å². The largest absolute Gasteiger partial charge is 0.497 e. The fourth-order valence-electron chi connectivity index (χ4n) is 2.66. The average Bonchev–Trinajstić information content (AvgIpc) is 2.54. The van der Waals surface area contributed by atoms with E-state index in [-0.39, 0.29) is 0 Å². The number of methoxy groups -OCH3 is 1. The molecule has 2 heteroatoms. The maximum Gasteiger partial charge on any atom is 0.119 e. The summed E-state index contributed by atoms with van der Waals surface area (Å²) >= 11 is 0. The minimum atomic E-state index is -0.998. The van der Waals surface area contributed by atoms with Crippen molar-refractivity contribution in [3.8, 4) is 5.75 Å². The summed E-state index contributed by atoms with van der Waals surface area (Å²) in [6.07, 6.45) is 4.06. The van der Waals surface area contributed by atoms with Crippen LogP contribution in [0.5, 0.6) is 5.75 Å². The molecule has 2 aromatic carbocycles. The van der Waals surface area contributed by atoms with E-state index in [9.17, 15) is 5.11 Å². The third-order valence-corrected chi connectivity index (χ3v) is 3.71. The second-order valence-corrected chi connectivity index (χ2v) is 4.95. The molecule has 0 unspecified atom stereocenters. The predicted octanol–water partition coefficient (Wildman–Crippen LogP) is 3.43. The number of benzene rings is 2. The molecule has 19 heavy (non-hydrogen) atoms. The van der Waals surface area contributed by atoms with Gasteiger partial charge in [-0.3, -0.25) is 0 Å². The molecule has 2 nitrogen and oxygen atoms in total. The topological polar surface area (TPSA) is 29.5 Å². The second kappa shape index (κ2) is 4.25. The molecule has 0 spiro atoms. The number of hydrogen-bond acceptors (Lipinski definition) is 2. The Morgan fingerprint density at radius 2 is 1.63 bits per heavy atom. The van der Waals surface area contributed by atoms with Gasteiger partial charge in [0, 0.05) is 0 Å². The van der Waals surface area contributed by atoms with Crippen LogP contribution in [-0.2, 0) is 5.60 Å². The van der Waals surface area contributed by atoms with E-state index < -0.39 is 5.60 Å². The normalized spacial score (nSPS) is 20.4. The van der Waals surface area contributed by atoms with Gasteiger partial charge in [-0.2, -0.15) is 0 Å². The molecule has 0 radical (unpaired) electrons. The molecule has 2 aromatic rings. The van der Waals surface area contributed by atoms with Crippen molar-refractivity contribution in [2.45, 2.75) is 12.5 Å². The molecule has 0 aliphatic heterocycles. The molecular weight excluding hydrogens is 236 g/mol. The zero-order chi connectivity index (χ0) is 13.5. The summed E-state index contributed by atoms with van der Waals surface area (Å²) in [6.45, 7) is 1.84. The van der Waals surface area contributed by atoms with Crippen molar-refractivity contribution in [1.29, 1.82) is 0 Å². The van der Waals surface area contributed by atoms with Crippen LogP contribution in [0.3, 0.4) is 0 Å². The van der Waals surface area contributed by atoms with Crippen molar-refractivity contribution in [2.24, 2.45) is 0 Å². The molecule has 0 saturated carbocycles. The summed E-state index contributed by atoms with van der Waals surface area (Å²) in [4.78, 5) is 0. The number of fused-ring (bicyclic) bond motifs is 2. The van der Waals surface area contributed by atoms with Crippen LogP contribution in [0.2, 0.25) is 0 Å². The first-order valence-corrected chi connectivity index (χ1v) is 6.31. The maximum absolute atomic E-state index is 10.9. The highest BCUT2D eigenvalue weighted by Crippen LogP contribution is 2.38. The molecule has 0 bridgehead atoms. The van der Waals surface area contributed by atoms with Gasteiger partial charge in [-0.15, -0.1) is 0 Å². The molecule has 0 aromatic heterocycles. The Bertz CT molecular complexity index is 654. The van der Waals surface area contributed by atoms with Gasteiger partial charge >= 0.3 is 0 Å². The van der Waals surface area contributed by atoms with Crippen LogP contribution in [0.4, 0.5) is 0 Å². The van der Waals surface area contributed by atoms with Crippen molar-refractivity contribution in [1.82, 2.24) is 0 Å². The van der Waals surface area contributed by atoms with E-state index in [0.717, 1.165) is 28.0 Å². The van der Waals surface area contributed by atoms with Gasteiger partial charge in [0.2, 0.25) is 0 Å². The van der Waals surface area contributed by atoms with Crippen molar-refractivity contribution in [3.05, 3.63) is 64.7 Å². The third-order valence-electron chi connectivity index (χ3n) is 3.71. The first kappa shape index (κ1) is 12.0. The zero-order valence-electron chi connectivity index (χ0n) is 11.1. The Kier molecular flexibility index (Phi) is 2.68. The number of hydrogen-bond donors (Lipinski definition) is 1. The molecule has 0 heterocycles. The van der Waals surface area contributed by atoms with Crippen LogP contribution in [0.1, 0.15) is 29.2 Å². The SMILES string of the molecule is COc1ccc2c(c1)C=Cc1ccccc1[C@@]2(C)O. The minimum Gasteiger partial charge on any atom is -0.497 e. The minimum absolute atomic E-state index is 0.796. The summed E-state index contributed by atoms with van der Waals surface area (Å²) in [5, 5.41) is 10.9. The van der Waals surface area contributed by atoms with Gasteiger partial charge in [-0.25, -0.2) is 0 Å². The summed E-state index contributed by atoms with van der Waals surface area (Å²) in [5.74, 6) is 0.796. The van der Waals surface area contributed by atoms with Crippen LogP contribution in [0.15, 0.2) is 42.5 Å². The van der Waals surface area contributed by atoms with Crippen LogP contribution < -0.4 is 4.74 Å². The van der Waals surface area contributed by atoms with Crippen LogP contribution in [0, 0.1) is 0 Å². The summed E-state index contributed by atoms with van der Waals surface area (Å²) < 4.78 is 5.25. The Hall–Kier alpha value is -2.06. The van der Waals surface area contributed by atoms with E-state index in [1.807, 2.05) is 61.5 Å². The summed E-state index contributed by atoms with van der Waals surface area (Å²) in [6, 6.07) is 13.7. The van der Waals surface area contributed by atoms with E-state index >= 15 is 0 Å². The molecule has 1 N–H and O–H groups in total. The lowest BCUT2D eigenvalue weighted by atomic mass is 9.85. The lowest BCUT2D eigenvalue weighted by Crippen LogP contribution is -2.24. The van der Waals surface area contributed by atoms with Gasteiger partial charge in [0.1, 0.15) is 11.4 Å². The maximum atomic E-state index is 10.9. The Balaban J connectivity index is 2.27. The van der Waals surface area contributed by atoms with Crippen molar-refractivity contribution in [3.63, 3.8) is 0 Å². The second-order valence-electron chi connectivity index (χ2n) is 4.95. The monoisotopic (exact) mass is 252 g/mol. The lowest BCUT2D eigenvalue weighted by molar-refractivity contribution is 0.102. The molecule has 1 aliphatic rings. The van der Waals surface area contributed by atoms with E-state index in [1.165, 1.54) is 0 Å². The molecular formula is C17H16O2. The van der Waals surface area contributed by atoms with E-state index in [1.54, 1.807) is 7.11 Å². The Morgan fingerprint density at radius 3 is 2.42 bits per heavy atom. The van der Waals surface area contributed by atoms with Gasteiger partial charge in [0.25, 0.3) is 0 Å². The smallest absolute Gasteiger partial charge is 0.119 e. The number of ether oxygens (including phenoxy) is 1. The molecule has 1 atom stereocenters. The summed E-state index contributed by atoms with van der Waals surface area (Å²) in [7, 11) is 1.65. The fraction of sp³-hybridized carbons (Fsp3) is 0.176. The molecule has 3 rings (SSSR count). The quantitative estimate of drug-likeness (QED) is 0.842. The third kappa shape index (κ3) is 1.85.